The van der Waals surface area contributed by atoms with Crippen molar-refractivity contribution >= 4 is 17.3 Å². The first-order chi connectivity index (χ1) is 10.5. The topological polar surface area (TPSA) is 41.1 Å². The van der Waals surface area contributed by atoms with E-state index in [1.807, 2.05) is 24.3 Å². The molecule has 0 unspecified atom stereocenters. The van der Waals surface area contributed by atoms with Crippen LogP contribution in [0, 0.1) is 20.8 Å². The highest BCUT2D eigenvalue weighted by molar-refractivity contribution is 5.94. The van der Waals surface area contributed by atoms with E-state index >= 15 is 0 Å². The van der Waals surface area contributed by atoms with Crippen LogP contribution in [0.5, 0.6) is 0 Å². The Bertz CT molecular complexity index is 654. The Morgan fingerprint density at radius 1 is 1.05 bits per heavy atom. The number of rotatable bonds is 5. The van der Waals surface area contributed by atoms with Crippen molar-refractivity contribution in [3.63, 3.8) is 0 Å². The predicted molar refractivity (Wildman–Crippen MR) is 93.6 cm³/mol. The summed E-state index contributed by atoms with van der Waals surface area (Å²) in [5, 5.41) is 6.23. The van der Waals surface area contributed by atoms with Crippen LogP contribution >= 0.6 is 0 Å². The summed E-state index contributed by atoms with van der Waals surface area (Å²) in [4.78, 5) is 12.2. The second kappa shape index (κ2) is 7.12. The molecular formula is C19H24N2O. The van der Waals surface area contributed by atoms with E-state index in [4.69, 9.17) is 0 Å². The van der Waals surface area contributed by atoms with E-state index in [2.05, 4.69) is 50.5 Å². The molecule has 2 aromatic rings. The zero-order chi connectivity index (χ0) is 16.1. The molecule has 0 fully saturated rings. The molecule has 0 heterocycles. The largest absolute Gasteiger partial charge is 0.376 e. The second-order valence-electron chi connectivity index (χ2n) is 5.69. The zero-order valence-corrected chi connectivity index (χ0v) is 13.8. The van der Waals surface area contributed by atoms with Crippen molar-refractivity contribution in [1.29, 1.82) is 0 Å². The summed E-state index contributed by atoms with van der Waals surface area (Å²) in [5.41, 5.74) is 6.66. The lowest BCUT2D eigenvalue weighted by molar-refractivity contribution is -0.114. The van der Waals surface area contributed by atoms with Gasteiger partial charge in [0.05, 0.1) is 6.54 Å². The van der Waals surface area contributed by atoms with Gasteiger partial charge >= 0.3 is 0 Å². The van der Waals surface area contributed by atoms with Crippen LogP contribution in [0.15, 0.2) is 36.4 Å². The second-order valence-corrected chi connectivity index (χ2v) is 5.69. The van der Waals surface area contributed by atoms with Gasteiger partial charge in [0.2, 0.25) is 5.91 Å². The van der Waals surface area contributed by atoms with Gasteiger partial charge in [0.1, 0.15) is 0 Å². The maximum absolute atomic E-state index is 12.2. The SMILES string of the molecule is CCc1ccccc1NC(=O)CNc1c(C)cc(C)cc1C. The number of para-hydroxylation sites is 1. The Morgan fingerprint density at radius 2 is 1.68 bits per heavy atom. The first kappa shape index (κ1) is 16.1. The monoisotopic (exact) mass is 296 g/mol. The molecule has 2 rings (SSSR count). The highest BCUT2D eigenvalue weighted by Gasteiger charge is 2.08. The van der Waals surface area contributed by atoms with Crippen LogP contribution in [0.2, 0.25) is 0 Å². The lowest BCUT2D eigenvalue weighted by Crippen LogP contribution is -2.23. The minimum Gasteiger partial charge on any atom is -0.376 e. The van der Waals surface area contributed by atoms with Crippen LogP contribution in [-0.2, 0) is 11.2 Å². The predicted octanol–water partition coefficient (Wildman–Crippen LogP) is 4.22. The lowest BCUT2D eigenvalue weighted by Gasteiger charge is -2.14. The molecule has 0 saturated heterocycles. The van der Waals surface area contributed by atoms with Gasteiger partial charge < -0.3 is 10.6 Å². The van der Waals surface area contributed by atoms with Crippen molar-refractivity contribution in [3.8, 4) is 0 Å². The van der Waals surface area contributed by atoms with E-state index in [0.717, 1.165) is 23.4 Å². The Balaban J connectivity index is 2.02. The summed E-state index contributed by atoms with van der Waals surface area (Å²) in [6.07, 6.45) is 0.903. The molecule has 2 aromatic carbocycles. The molecule has 0 radical (unpaired) electrons. The fourth-order valence-electron chi connectivity index (χ4n) is 2.77. The first-order valence-corrected chi connectivity index (χ1v) is 7.70. The maximum atomic E-state index is 12.2. The minimum absolute atomic E-state index is 0.0275. The average Bonchev–Trinajstić information content (AvgIpc) is 2.46. The number of hydrogen-bond acceptors (Lipinski definition) is 2. The fraction of sp³-hybridized carbons (Fsp3) is 0.316. The van der Waals surface area contributed by atoms with Gasteiger partial charge in [-0.1, -0.05) is 42.8 Å². The van der Waals surface area contributed by atoms with Crippen molar-refractivity contribution < 1.29 is 4.79 Å². The Morgan fingerprint density at radius 3 is 2.32 bits per heavy atom. The molecule has 0 aromatic heterocycles. The van der Waals surface area contributed by atoms with E-state index in [9.17, 15) is 4.79 Å². The lowest BCUT2D eigenvalue weighted by atomic mass is 10.1. The number of amides is 1. The first-order valence-electron chi connectivity index (χ1n) is 7.70. The number of hydrogen-bond donors (Lipinski definition) is 2. The zero-order valence-electron chi connectivity index (χ0n) is 13.8. The smallest absolute Gasteiger partial charge is 0.243 e. The summed E-state index contributed by atoms with van der Waals surface area (Å²) in [5.74, 6) is -0.0275. The number of anilines is 2. The van der Waals surface area contributed by atoms with Crippen LogP contribution in [0.4, 0.5) is 11.4 Å². The molecule has 0 aliphatic rings. The highest BCUT2D eigenvalue weighted by Crippen LogP contribution is 2.21. The van der Waals surface area contributed by atoms with E-state index in [1.165, 1.54) is 16.7 Å². The molecule has 0 bridgehead atoms. The van der Waals surface area contributed by atoms with Crippen molar-refractivity contribution in [1.82, 2.24) is 0 Å². The van der Waals surface area contributed by atoms with Gasteiger partial charge in [-0.25, -0.2) is 0 Å². The van der Waals surface area contributed by atoms with Gasteiger partial charge in [-0.05, 0) is 49.9 Å². The molecule has 1 amide bonds. The molecule has 0 aliphatic carbocycles. The van der Waals surface area contributed by atoms with Crippen molar-refractivity contribution in [2.24, 2.45) is 0 Å². The van der Waals surface area contributed by atoms with Crippen molar-refractivity contribution in [2.75, 3.05) is 17.2 Å². The van der Waals surface area contributed by atoms with Gasteiger partial charge in [0.25, 0.3) is 0 Å². The van der Waals surface area contributed by atoms with Crippen LogP contribution in [0.3, 0.4) is 0 Å². The average molecular weight is 296 g/mol. The number of carbonyl (C=O) groups excluding carboxylic acids is 1. The summed E-state index contributed by atoms with van der Waals surface area (Å²) >= 11 is 0. The molecule has 116 valence electrons. The number of carbonyl (C=O) groups is 1. The van der Waals surface area contributed by atoms with Crippen molar-refractivity contribution in [2.45, 2.75) is 34.1 Å². The van der Waals surface area contributed by atoms with Crippen LogP contribution < -0.4 is 10.6 Å². The Labute approximate surface area is 132 Å². The summed E-state index contributed by atoms with van der Waals surface area (Å²) in [7, 11) is 0. The quantitative estimate of drug-likeness (QED) is 0.867. The van der Waals surface area contributed by atoms with Crippen LogP contribution in [0.25, 0.3) is 0 Å². The van der Waals surface area contributed by atoms with Gasteiger partial charge in [0, 0.05) is 11.4 Å². The van der Waals surface area contributed by atoms with Crippen LogP contribution in [0.1, 0.15) is 29.2 Å². The normalized spacial score (nSPS) is 10.4. The van der Waals surface area contributed by atoms with Gasteiger partial charge in [-0.15, -0.1) is 0 Å². The number of benzene rings is 2. The van der Waals surface area contributed by atoms with E-state index in [-0.39, 0.29) is 12.5 Å². The third kappa shape index (κ3) is 3.88. The Kier molecular flexibility index (Phi) is 5.21. The fourth-order valence-corrected chi connectivity index (χ4v) is 2.77. The third-order valence-corrected chi connectivity index (χ3v) is 3.78. The molecule has 3 nitrogen and oxygen atoms in total. The molecule has 2 N–H and O–H groups in total. The van der Waals surface area contributed by atoms with Gasteiger partial charge in [0.15, 0.2) is 0 Å². The standard InChI is InChI=1S/C19H24N2O/c1-5-16-8-6-7-9-17(16)21-18(22)12-20-19-14(3)10-13(2)11-15(19)4/h6-11,20H,5,12H2,1-4H3,(H,21,22). The highest BCUT2D eigenvalue weighted by atomic mass is 16.1. The van der Waals surface area contributed by atoms with Crippen molar-refractivity contribution in [3.05, 3.63) is 58.7 Å². The van der Waals surface area contributed by atoms with E-state index in [0.29, 0.717) is 0 Å². The molecular weight excluding hydrogens is 272 g/mol. The maximum Gasteiger partial charge on any atom is 0.243 e. The third-order valence-electron chi connectivity index (χ3n) is 3.78. The summed E-state index contributed by atoms with van der Waals surface area (Å²) in [6, 6.07) is 12.2. The van der Waals surface area contributed by atoms with E-state index < -0.39 is 0 Å². The van der Waals surface area contributed by atoms with Gasteiger partial charge in [-0.3, -0.25) is 4.79 Å². The molecule has 3 heteroatoms. The molecule has 0 saturated carbocycles. The van der Waals surface area contributed by atoms with Crippen LogP contribution in [-0.4, -0.2) is 12.5 Å². The number of nitrogens with one attached hydrogen (secondary N) is 2. The summed E-state index contributed by atoms with van der Waals surface area (Å²) in [6.45, 7) is 8.56. The molecule has 0 spiro atoms. The summed E-state index contributed by atoms with van der Waals surface area (Å²) < 4.78 is 0. The molecule has 0 atom stereocenters. The molecule has 22 heavy (non-hydrogen) atoms. The Hall–Kier alpha value is -2.29. The van der Waals surface area contributed by atoms with E-state index in [1.54, 1.807) is 0 Å². The number of aryl methyl sites for hydroxylation is 4. The minimum atomic E-state index is -0.0275. The van der Waals surface area contributed by atoms with Gasteiger partial charge in [-0.2, -0.15) is 0 Å². The molecule has 0 aliphatic heterocycles.